The van der Waals surface area contributed by atoms with Crippen molar-refractivity contribution < 1.29 is 5.11 Å². The van der Waals surface area contributed by atoms with Crippen LogP contribution in [-0.2, 0) is 13.0 Å². The molecule has 0 amide bonds. The number of hydrogen-bond acceptors (Lipinski definition) is 3. The Morgan fingerprint density at radius 3 is 3.20 bits per heavy atom. The van der Waals surface area contributed by atoms with E-state index in [4.69, 9.17) is 5.11 Å². The van der Waals surface area contributed by atoms with Gasteiger partial charge in [-0.1, -0.05) is 0 Å². The second-order valence-electron chi connectivity index (χ2n) is 2.42. The molecule has 4 heteroatoms. The first-order valence-corrected chi connectivity index (χ1v) is 3.34. The normalized spacial score (nSPS) is 16.8. The van der Waals surface area contributed by atoms with Gasteiger partial charge in [-0.15, -0.1) is 0 Å². The maximum Gasteiger partial charge on any atom is 0.210 e. The van der Waals surface area contributed by atoms with Crippen LogP contribution in [0.4, 0.5) is 0 Å². The summed E-state index contributed by atoms with van der Waals surface area (Å²) in [6.45, 7) is 1.70. The van der Waals surface area contributed by atoms with Gasteiger partial charge in [0.2, 0.25) is 5.88 Å². The van der Waals surface area contributed by atoms with Crippen LogP contribution < -0.4 is 5.32 Å². The summed E-state index contributed by atoms with van der Waals surface area (Å²) >= 11 is 0. The van der Waals surface area contributed by atoms with E-state index < -0.39 is 0 Å². The minimum atomic E-state index is 0.233. The summed E-state index contributed by atoms with van der Waals surface area (Å²) in [6.07, 6.45) is 0.873. The molecule has 1 aromatic heterocycles. The van der Waals surface area contributed by atoms with Gasteiger partial charge in [-0.2, -0.15) is 5.10 Å². The summed E-state index contributed by atoms with van der Waals surface area (Å²) < 4.78 is 0. The van der Waals surface area contributed by atoms with Gasteiger partial charge in [-0.3, -0.25) is 0 Å². The van der Waals surface area contributed by atoms with E-state index in [0.29, 0.717) is 0 Å². The fourth-order valence-electron chi connectivity index (χ4n) is 1.22. The molecule has 54 valence electrons. The molecule has 0 atom stereocenters. The quantitative estimate of drug-likeness (QED) is 0.465. The summed E-state index contributed by atoms with van der Waals surface area (Å²) in [5, 5.41) is 18.8. The molecule has 4 nitrogen and oxygen atoms in total. The van der Waals surface area contributed by atoms with Crippen LogP contribution in [-0.4, -0.2) is 21.8 Å². The van der Waals surface area contributed by atoms with E-state index in [1.54, 1.807) is 0 Å². The number of aromatic amines is 1. The van der Waals surface area contributed by atoms with E-state index in [2.05, 4.69) is 15.5 Å². The summed E-state index contributed by atoms with van der Waals surface area (Å²) in [5.41, 5.74) is 1.92. The van der Waals surface area contributed by atoms with Gasteiger partial charge in [-0.25, -0.2) is 5.10 Å². The van der Waals surface area contributed by atoms with Gasteiger partial charge in [0, 0.05) is 12.1 Å². The highest BCUT2D eigenvalue weighted by atomic mass is 16.3. The van der Waals surface area contributed by atoms with Gasteiger partial charge in [-0.05, 0) is 13.0 Å². The van der Waals surface area contributed by atoms with E-state index in [-0.39, 0.29) is 5.88 Å². The lowest BCUT2D eigenvalue weighted by atomic mass is 10.1. The zero-order valence-electron chi connectivity index (χ0n) is 5.52. The monoisotopic (exact) mass is 139 g/mol. The highest BCUT2D eigenvalue weighted by Crippen LogP contribution is 2.19. The lowest BCUT2D eigenvalue weighted by Gasteiger charge is -2.09. The predicted octanol–water partition coefficient (Wildman–Crippen LogP) is -0.239. The fourth-order valence-corrected chi connectivity index (χ4v) is 1.22. The Labute approximate surface area is 58.3 Å². The number of aromatic hydroxyl groups is 1. The fraction of sp³-hybridized carbons (Fsp3) is 0.500. The Balaban J connectivity index is 2.45. The maximum absolute atomic E-state index is 9.15. The van der Waals surface area contributed by atoms with Crippen molar-refractivity contribution in [3.05, 3.63) is 11.3 Å². The molecule has 0 spiro atoms. The predicted molar refractivity (Wildman–Crippen MR) is 35.7 cm³/mol. The molecule has 0 saturated heterocycles. The Kier molecular flexibility index (Phi) is 1.14. The Morgan fingerprint density at radius 1 is 1.50 bits per heavy atom. The first kappa shape index (κ1) is 5.73. The van der Waals surface area contributed by atoms with E-state index >= 15 is 0 Å². The highest BCUT2D eigenvalue weighted by molar-refractivity contribution is 5.30. The second-order valence-corrected chi connectivity index (χ2v) is 2.42. The summed E-state index contributed by atoms with van der Waals surface area (Å²) in [5.74, 6) is 0.233. The molecule has 10 heavy (non-hydrogen) atoms. The van der Waals surface area contributed by atoms with Gasteiger partial charge in [0.15, 0.2) is 0 Å². The molecule has 2 heterocycles. The van der Waals surface area contributed by atoms with Crippen molar-refractivity contribution in [2.24, 2.45) is 0 Å². The Bertz CT molecular complexity index is 243. The topological polar surface area (TPSA) is 60.9 Å². The molecule has 0 bridgehead atoms. The minimum absolute atomic E-state index is 0.233. The third-order valence-electron chi connectivity index (χ3n) is 1.78. The maximum atomic E-state index is 9.15. The van der Waals surface area contributed by atoms with Crippen molar-refractivity contribution in [3.63, 3.8) is 0 Å². The minimum Gasteiger partial charge on any atom is -0.493 e. The molecular formula is C6H9N3O. The Hall–Kier alpha value is -1.03. The lowest BCUT2D eigenvalue weighted by molar-refractivity contribution is 0.444. The zero-order valence-corrected chi connectivity index (χ0v) is 5.52. The number of nitrogens with zero attached hydrogens (tertiary/aromatic N) is 1. The number of aromatic nitrogens is 2. The number of H-pyrrole nitrogens is 1. The molecule has 0 aliphatic carbocycles. The summed E-state index contributed by atoms with van der Waals surface area (Å²) in [4.78, 5) is 0. The standard InChI is InChI=1S/C6H9N3O/c10-6-4-1-2-7-3-5(4)8-9-6/h7H,1-3H2,(H2,8,9,10). The third-order valence-corrected chi connectivity index (χ3v) is 1.78. The molecule has 0 fully saturated rings. The van der Waals surface area contributed by atoms with Crippen molar-refractivity contribution in [1.82, 2.24) is 15.5 Å². The van der Waals surface area contributed by atoms with Crippen LogP contribution >= 0.6 is 0 Å². The van der Waals surface area contributed by atoms with Crippen LogP contribution in [0.15, 0.2) is 0 Å². The van der Waals surface area contributed by atoms with Crippen LogP contribution in [0.2, 0.25) is 0 Å². The van der Waals surface area contributed by atoms with Crippen LogP contribution in [0.5, 0.6) is 5.88 Å². The molecule has 1 aliphatic rings. The average Bonchev–Trinajstić information content (AvgIpc) is 2.34. The molecule has 0 unspecified atom stereocenters. The first-order valence-electron chi connectivity index (χ1n) is 3.34. The van der Waals surface area contributed by atoms with E-state index in [0.717, 1.165) is 30.8 Å². The molecule has 0 saturated carbocycles. The second kappa shape index (κ2) is 1.98. The molecule has 0 radical (unpaired) electrons. The zero-order chi connectivity index (χ0) is 6.97. The molecule has 0 aromatic carbocycles. The Morgan fingerprint density at radius 2 is 2.40 bits per heavy atom. The van der Waals surface area contributed by atoms with Crippen molar-refractivity contribution in [1.29, 1.82) is 0 Å². The number of nitrogens with one attached hydrogen (secondary N) is 2. The van der Waals surface area contributed by atoms with Crippen molar-refractivity contribution in [3.8, 4) is 5.88 Å². The lowest BCUT2D eigenvalue weighted by Crippen LogP contribution is -2.22. The van der Waals surface area contributed by atoms with Gasteiger partial charge in [0.05, 0.1) is 5.69 Å². The molecule has 2 rings (SSSR count). The molecule has 1 aromatic rings. The van der Waals surface area contributed by atoms with Crippen LogP contribution in [0.1, 0.15) is 11.3 Å². The summed E-state index contributed by atoms with van der Waals surface area (Å²) in [6, 6.07) is 0. The number of hydrogen-bond donors (Lipinski definition) is 3. The van der Waals surface area contributed by atoms with Crippen molar-refractivity contribution in [2.45, 2.75) is 13.0 Å². The van der Waals surface area contributed by atoms with Gasteiger partial charge < -0.3 is 10.4 Å². The van der Waals surface area contributed by atoms with E-state index in [1.165, 1.54) is 0 Å². The highest BCUT2D eigenvalue weighted by Gasteiger charge is 2.14. The van der Waals surface area contributed by atoms with Crippen molar-refractivity contribution >= 4 is 0 Å². The van der Waals surface area contributed by atoms with Gasteiger partial charge in [0.1, 0.15) is 0 Å². The largest absolute Gasteiger partial charge is 0.493 e. The first-order chi connectivity index (χ1) is 4.88. The summed E-state index contributed by atoms with van der Waals surface area (Å²) in [7, 11) is 0. The van der Waals surface area contributed by atoms with Crippen LogP contribution in [0.25, 0.3) is 0 Å². The average molecular weight is 139 g/mol. The third kappa shape index (κ3) is 0.690. The SMILES string of the molecule is Oc1[nH]nc2c1CCNC2. The van der Waals surface area contributed by atoms with E-state index in [9.17, 15) is 0 Å². The van der Waals surface area contributed by atoms with E-state index in [1.807, 2.05) is 0 Å². The molecule has 3 N–H and O–H groups in total. The number of rotatable bonds is 0. The smallest absolute Gasteiger partial charge is 0.210 e. The van der Waals surface area contributed by atoms with Crippen LogP contribution in [0, 0.1) is 0 Å². The van der Waals surface area contributed by atoms with Gasteiger partial charge in [0.25, 0.3) is 0 Å². The van der Waals surface area contributed by atoms with Crippen molar-refractivity contribution in [2.75, 3.05) is 6.54 Å². The van der Waals surface area contributed by atoms with Gasteiger partial charge >= 0.3 is 0 Å². The number of fused-ring (bicyclic) bond motifs is 1. The molecular weight excluding hydrogens is 130 g/mol. The van der Waals surface area contributed by atoms with Crippen LogP contribution in [0.3, 0.4) is 0 Å². The molecule has 1 aliphatic heterocycles.